The fourth-order valence-corrected chi connectivity index (χ4v) is 2.38. The monoisotopic (exact) mass is 248 g/mol. The highest BCUT2D eigenvalue weighted by molar-refractivity contribution is 7.99. The molecular formula is C10H13ClO3S. The minimum atomic E-state index is -0.764. The molecule has 1 atom stereocenters. The maximum Gasteiger partial charge on any atom is 0.316 e. The Morgan fingerprint density at radius 1 is 1.67 bits per heavy atom. The zero-order chi connectivity index (χ0) is 11.3. The molecule has 0 aliphatic rings. The Balaban J connectivity index is 2.43. The number of aliphatic carboxylic acids is 1. The van der Waals surface area contributed by atoms with Crippen molar-refractivity contribution in [2.75, 3.05) is 0 Å². The molecule has 15 heavy (non-hydrogen) atoms. The van der Waals surface area contributed by atoms with Crippen molar-refractivity contribution in [1.29, 1.82) is 0 Å². The van der Waals surface area contributed by atoms with Gasteiger partial charge in [-0.1, -0.05) is 13.3 Å². The highest BCUT2D eigenvalue weighted by Crippen LogP contribution is 2.24. The third-order valence-electron chi connectivity index (χ3n) is 1.88. The molecule has 1 rings (SSSR count). The summed E-state index contributed by atoms with van der Waals surface area (Å²) < 4.78 is 5.14. The highest BCUT2D eigenvalue weighted by atomic mass is 35.5. The minimum Gasteiger partial charge on any atom is -0.480 e. The molecule has 1 heterocycles. The molecule has 0 aliphatic heterocycles. The average molecular weight is 249 g/mol. The fraction of sp³-hybridized carbons (Fsp3) is 0.500. The minimum absolute atomic E-state index is 0.341. The summed E-state index contributed by atoms with van der Waals surface area (Å²) >= 11 is 6.98. The number of carbonyl (C=O) groups is 1. The van der Waals surface area contributed by atoms with Gasteiger partial charge in [-0.25, -0.2) is 0 Å². The van der Waals surface area contributed by atoms with Gasteiger partial charge in [0.15, 0.2) is 5.22 Å². The lowest BCUT2D eigenvalue weighted by molar-refractivity contribution is -0.136. The molecule has 1 aromatic heterocycles. The SMILES string of the molecule is CCCC(SCc1ccc(Cl)o1)C(=O)O. The van der Waals surface area contributed by atoms with E-state index in [0.717, 1.165) is 6.42 Å². The molecule has 0 saturated carbocycles. The van der Waals surface area contributed by atoms with Crippen LogP contribution < -0.4 is 0 Å². The summed E-state index contributed by atoms with van der Waals surface area (Å²) in [4.78, 5) is 10.8. The van der Waals surface area contributed by atoms with Crippen molar-refractivity contribution in [2.24, 2.45) is 0 Å². The molecule has 0 saturated heterocycles. The van der Waals surface area contributed by atoms with Crippen LogP contribution in [-0.4, -0.2) is 16.3 Å². The van der Waals surface area contributed by atoms with Crippen LogP contribution >= 0.6 is 23.4 Å². The number of carboxylic acids is 1. The molecule has 0 spiro atoms. The van der Waals surface area contributed by atoms with E-state index in [1.807, 2.05) is 6.92 Å². The summed E-state index contributed by atoms with van der Waals surface area (Å²) in [5.41, 5.74) is 0. The zero-order valence-corrected chi connectivity index (χ0v) is 9.98. The molecule has 0 aliphatic carbocycles. The lowest BCUT2D eigenvalue weighted by atomic mass is 10.2. The van der Waals surface area contributed by atoms with Gasteiger partial charge in [0.2, 0.25) is 0 Å². The smallest absolute Gasteiger partial charge is 0.316 e. The van der Waals surface area contributed by atoms with Gasteiger partial charge in [-0.2, -0.15) is 0 Å². The summed E-state index contributed by atoms with van der Waals surface area (Å²) in [6.07, 6.45) is 1.54. The standard InChI is InChI=1S/C10H13ClO3S/c1-2-3-8(10(12)13)15-6-7-4-5-9(11)14-7/h4-5,8H,2-3,6H2,1H3,(H,12,13). The molecule has 0 fully saturated rings. The van der Waals surface area contributed by atoms with Crippen LogP contribution in [0.5, 0.6) is 0 Å². The summed E-state index contributed by atoms with van der Waals surface area (Å²) in [6.45, 7) is 1.97. The fourth-order valence-electron chi connectivity index (χ4n) is 1.15. The van der Waals surface area contributed by atoms with E-state index in [1.165, 1.54) is 11.8 Å². The van der Waals surface area contributed by atoms with Crippen LogP contribution in [0.1, 0.15) is 25.5 Å². The van der Waals surface area contributed by atoms with E-state index >= 15 is 0 Å². The Labute approximate surface area is 97.8 Å². The number of carboxylic acid groups (broad SMARTS) is 1. The van der Waals surface area contributed by atoms with Crippen LogP contribution in [0.15, 0.2) is 16.5 Å². The van der Waals surface area contributed by atoms with Gasteiger partial charge in [0.05, 0.1) is 5.75 Å². The first-order valence-electron chi connectivity index (χ1n) is 4.72. The topological polar surface area (TPSA) is 50.4 Å². The summed E-state index contributed by atoms with van der Waals surface area (Å²) in [5.74, 6) is 0.496. The quantitative estimate of drug-likeness (QED) is 0.838. The van der Waals surface area contributed by atoms with Crippen LogP contribution in [0, 0.1) is 0 Å². The highest BCUT2D eigenvalue weighted by Gasteiger charge is 2.17. The molecule has 0 radical (unpaired) electrons. The number of thioether (sulfide) groups is 1. The van der Waals surface area contributed by atoms with Crippen molar-refractivity contribution in [3.63, 3.8) is 0 Å². The number of rotatable bonds is 6. The zero-order valence-electron chi connectivity index (χ0n) is 8.40. The van der Waals surface area contributed by atoms with Gasteiger partial charge in [0, 0.05) is 0 Å². The van der Waals surface area contributed by atoms with Gasteiger partial charge in [0.1, 0.15) is 11.0 Å². The van der Waals surface area contributed by atoms with Gasteiger partial charge in [-0.05, 0) is 30.2 Å². The Bertz CT molecular complexity index is 324. The van der Waals surface area contributed by atoms with Crippen molar-refractivity contribution in [2.45, 2.75) is 30.8 Å². The second-order valence-electron chi connectivity index (χ2n) is 3.13. The lowest BCUT2D eigenvalue weighted by Crippen LogP contribution is -2.15. The first-order valence-corrected chi connectivity index (χ1v) is 6.14. The van der Waals surface area contributed by atoms with E-state index in [-0.39, 0.29) is 5.25 Å². The number of furan rings is 1. The number of halogens is 1. The van der Waals surface area contributed by atoms with Crippen LogP contribution in [0.25, 0.3) is 0 Å². The van der Waals surface area contributed by atoms with Crippen molar-refractivity contribution in [3.8, 4) is 0 Å². The Kier molecular flexibility index (Phi) is 5.05. The van der Waals surface area contributed by atoms with Gasteiger partial charge >= 0.3 is 5.97 Å². The first kappa shape index (κ1) is 12.5. The van der Waals surface area contributed by atoms with Crippen molar-refractivity contribution in [1.82, 2.24) is 0 Å². The molecule has 84 valence electrons. The van der Waals surface area contributed by atoms with E-state index in [4.69, 9.17) is 21.1 Å². The molecule has 0 amide bonds. The molecule has 1 aromatic rings. The summed E-state index contributed by atoms with van der Waals surface area (Å²) in [5, 5.41) is 8.89. The molecule has 3 nitrogen and oxygen atoms in total. The maximum absolute atomic E-state index is 10.8. The predicted molar refractivity (Wildman–Crippen MR) is 61.3 cm³/mol. The molecule has 1 unspecified atom stereocenters. The summed E-state index contributed by atoms with van der Waals surface area (Å²) in [7, 11) is 0. The van der Waals surface area contributed by atoms with E-state index in [2.05, 4.69) is 0 Å². The summed E-state index contributed by atoms with van der Waals surface area (Å²) in [6, 6.07) is 3.42. The predicted octanol–water partition coefficient (Wildman–Crippen LogP) is 3.42. The van der Waals surface area contributed by atoms with Gasteiger partial charge in [0.25, 0.3) is 0 Å². The second kappa shape index (κ2) is 6.08. The second-order valence-corrected chi connectivity index (χ2v) is 4.70. The average Bonchev–Trinajstić information content (AvgIpc) is 2.58. The van der Waals surface area contributed by atoms with Crippen LogP contribution in [0.3, 0.4) is 0 Å². The van der Waals surface area contributed by atoms with Gasteiger partial charge in [-0.3, -0.25) is 4.79 Å². The third kappa shape index (κ3) is 4.18. The maximum atomic E-state index is 10.8. The van der Waals surface area contributed by atoms with Crippen molar-refractivity contribution >= 4 is 29.3 Å². The third-order valence-corrected chi connectivity index (χ3v) is 3.38. The van der Waals surface area contributed by atoms with Crippen LogP contribution in [0.2, 0.25) is 5.22 Å². The van der Waals surface area contributed by atoms with Crippen LogP contribution in [0.4, 0.5) is 0 Å². The molecule has 0 bridgehead atoms. The van der Waals surface area contributed by atoms with Gasteiger partial charge < -0.3 is 9.52 Å². The Hall–Kier alpha value is -0.610. The number of hydrogen-bond acceptors (Lipinski definition) is 3. The number of hydrogen-bond donors (Lipinski definition) is 1. The lowest BCUT2D eigenvalue weighted by Gasteiger charge is -2.08. The van der Waals surface area contributed by atoms with E-state index < -0.39 is 5.97 Å². The van der Waals surface area contributed by atoms with Crippen LogP contribution in [-0.2, 0) is 10.5 Å². The van der Waals surface area contributed by atoms with Gasteiger partial charge in [-0.15, -0.1) is 11.8 Å². The van der Waals surface area contributed by atoms with E-state index in [9.17, 15) is 4.79 Å². The Morgan fingerprint density at radius 2 is 2.40 bits per heavy atom. The molecule has 1 N–H and O–H groups in total. The largest absolute Gasteiger partial charge is 0.480 e. The molecule has 5 heteroatoms. The van der Waals surface area contributed by atoms with Crippen molar-refractivity contribution < 1.29 is 14.3 Å². The van der Waals surface area contributed by atoms with Crippen molar-refractivity contribution in [3.05, 3.63) is 23.1 Å². The molecule has 0 aromatic carbocycles. The normalized spacial score (nSPS) is 12.7. The molecular weight excluding hydrogens is 236 g/mol. The Morgan fingerprint density at radius 3 is 2.87 bits per heavy atom. The van der Waals surface area contributed by atoms with E-state index in [1.54, 1.807) is 12.1 Å². The van der Waals surface area contributed by atoms with E-state index in [0.29, 0.717) is 23.2 Å². The first-order chi connectivity index (χ1) is 7.13.